The van der Waals surface area contributed by atoms with E-state index in [0.717, 1.165) is 43.7 Å². The highest BCUT2D eigenvalue weighted by atomic mass is 32.2. The monoisotopic (exact) mass is 229 g/mol. The minimum absolute atomic E-state index is 0.0943. The van der Waals surface area contributed by atoms with E-state index >= 15 is 0 Å². The molecule has 15 heavy (non-hydrogen) atoms. The Kier molecular flexibility index (Phi) is 3.92. The van der Waals surface area contributed by atoms with Gasteiger partial charge in [0.1, 0.15) is 0 Å². The van der Waals surface area contributed by atoms with E-state index in [-0.39, 0.29) is 18.6 Å². The Morgan fingerprint density at radius 2 is 2.27 bits per heavy atom. The summed E-state index contributed by atoms with van der Waals surface area (Å²) in [5.41, 5.74) is 0. The molecule has 0 radical (unpaired) electrons. The Hall–Kier alpha value is -0.220. The third-order valence-corrected chi connectivity index (χ3v) is 4.56. The van der Waals surface area contributed by atoms with Crippen molar-refractivity contribution in [1.29, 1.82) is 0 Å². The van der Waals surface area contributed by atoms with Gasteiger partial charge < -0.3 is 10.0 Å². The second-order valence-corrected chi connectivity index (χ2v) is 5.57. The summed E-state index contributed by atoms with van der Waals surface area (Å²) in [6, 6.07) is 0.0943. The van der Waals surface area contributed by atoms with Crippen LogP contribution >= 0.6 is 11.8 Å². The lowest BCUT2D eigenvalue weighted by atomic mass is 9.99. The van der Waals surface area contributed by atoms with E-state index < -0.39 is 0 Å². The molecule has 2 unspecified atom stereocenters. The first kappa shape index (κ1) is 11.3. The zero-order chi connectivity index (χ0) is 10.7. The Bertz CT molecular complexity index is 229. The van der Waals surface area contributed by atoms with E-state index in [1.54, 1.807) is 0 Å². The van der Waals surface area contributed by atoms with Gasteiger partial charge in [0.15, 0.2) is 0 Å². The van der Waals surface area contributed by atoms with E-state index in [0.29, 0.717) is 5.91 Å². The molecule has 0 spiro atoms. The molecular formula is C11H19NO2S. The van der Waals surface area contributed by atoms with E-state index in [1.165, 1.54) is 0 Å². The third-order valence-electron chi connectivity index (χ3n) is 3.40. The average Bonchev–Trinajstić information content (AvgIpc) is 2.81. The standard InChI is InChI=1S/C11H19NO2S/c13-7-10-3-1-2-5-12(10)11(14)9-4-6-15-8-9/h9-10,13H,1-8H2. The minimum atomic E-state index is 0.0943. The van der Waals surface area contributed by atoms with Gasteiger partial charge in [0.25, 0.3) is 0 Å². The van der Waals surface area contributed by atoms with Gasteiger partial charge in [-0.25, -0.2) is 0 Å². The number of piperidine rings is 1. The fourth-order valence-corrected chi connectivity index (χ4v) is 3.66. The maximum Gasteiger partial charge on any atom is 0.226 e. The summed E-state index contributed by atoms with van der Waals surface area (Å²) in [6.45, 7) is 0.983. The quantitative estimate of drug-likeness (QED) is 0.771. The molecule has 2 rings (SSSR count). The maximum atomic E-state index is 12.2. The van der Waals surface area contributed by atoms with Gasteiger partial charge in [0.05, 0.1) is 12.6 Å². The van der Waals surface area contributed by atoms with Gasteiger partial charge in [-0.15, -0.1) is 0 Å². The first-order valence-corrected chi connectivity index (χ1v) is 6.97. The topological polar surface area (TPSA) is 40.5 Å². The van der Waals surface area contributed by atoms with Crippen LogP contribution in [0.25, 0.3) is 0 Å². The van der Waals surface area contributed by atoms with Gasteiger partial charge in [0, 0.05) is 18.2 Å². The van der Waals surface area contributed by atoms with E-state index in [1.807, 2.05) is 16.7 Å². The van der Waals surface area contributed by atoms with Crippen LogP contribution in [0, 0.1) is 5.92 Å². The molecule has 0 bridgehead atoms. The molecule has 2 aliphatic heterocycles. The smallest absolute Gasteiger partial charge is 0.226 e. The number of rotatable bonds is 2. The van der Waals surface area contributed by atoms with Crippen LogP contribution in [0.15, 0.2) is 0 Å². The van der Waals surface area contributed by atoms with Gasteiger partial charge in [-0.05, 0) is 31.4 Å². The van der Waals surface area contributed by atoms with Gasteiger partial charge in [-0.1, -0.05) is 0 Å². The Balaban J connectivity index is 1.96. The number of thioether (sulfide) groups is 1. The molecule has 0 aromatic carbocycles. The molecule has 2 atom stereocenters. The van der Waals surface area contributed by atoms with Gasteiger partial charge in [-0.2, -0.15) is 11.8 Å². The number of nitrogens with zero attached hydrogens (tertiary/aromatic N) is 1. The van der Waals surface area contributed by atoms with Crippen molar-refractivity contribution in [3.63, 3.8) is 0 Å². The number of aliphatic hydroxyl groups is 1. The predicted molar refractivity (Wildman–Crippen MR) is 61.9 cm³/mol. The molecule has 0 aliphatic carbocycles. The van der Waals surface area contributed by atoms with Crippen molar-refractivity contribution in [2.75, 3.05) is 24.7 Å². The van der Waals surface area contributed by atoms with Crippen LogP contribution in [0.3, 0.4) is 0 Å². The summed E-state index contributed by atoms with van der Waals surface area (Å²) in [5, 5.41) is 9.25. The highest BCUT2D eigenvalue weighted by molar-refractivity contribution is 7.99. The van der Waals surface area contributed by atoms with Crippen molar-refractivity contribution < 1.29 is 9.90 Å². The fourth-order valence-electron chi connectivity index (χ4n) is 2.44. The molecule has 2 fully saturated rings. The van der Waals surface area contributed by atoms with Gasteiger partial charge in [0.2, 0.25) is 5.91 Å². The summed E-state index contributed by atoms with van der Waals surface area (Å²) in [7, 11) is 0. The Morgan fingerprint density at radius 3 is 2.93 bits per heavy atom. The highest BCUT2D eigenvalue weighted by Crippen LogP contribution is 2.27. The van der Waals surface area contributed by atoms with Crippen LogP contribution in [0.1, 0.15) is 25.7 Å². The second kappa shape index (κ2) is 5.21. The third kappa shape index (κ3) is 2.48. The number of amides is 1. The van der Waals surface area contributed by atoms with Crippen molar-refractivity contribution in [2.45, 2.75) is 31.7 Å². The van der Waals surface area contributed by atoms with E-state index in [9.17, 15) is 9.90 Å². The summed E-state index contributed by atoms with van der Waals surface area (Å²) < 4.78 is 0. The molecule has 0 saturated carbocycles. The summed E-state index contributed by atoms with van der Waals surface area (Å²) in [5.74, 6) is 2.61. The van der Waals surface area contributed by atoms with Gasteiger partial charge in [-0.3, -0.25) is 4.79 Å². The summed E-state index contributed by atoms with van der Waals surface area (Å²) in [6.07, 6.45) is 4.25. The Morgan fingerprint density at radius 1 is 1.40 bits per heavy atom. The largest absolute Gasteiger partial charge is 0.394 e. The summed E-state index contributed by atoms with van der Waals surface area (Å²) >= 11 is 1.87. The lowest BCUT2D eigenvalue weighted by Crippen LogP contribution is -2.48. The van der Waals surface area contributed by atoms with Crippen molar-refractivity contribution >= 4 is 17.7 Å². The number of hydrogen-bond donors (Lipinski definition) is 1. The molecule has 86 valence electrons. The number of carbonyl (C=O) groups is 1. The van der Waals surface area contributed by atoms with Crippen LogP contribution in [0.5, 0.6) is 0 Å². The SMILES string of the molecule is O=C(C1CCSC1)N1CCCCC1CO. The van der Waals surface area contributed by atoms with Crippen molar-refractivity contribution in [2.24, 2.45) is 5.92 Å². The Labute approximate surface area is 95.2 Å². The van der Waals surface area contributed by atoms with Gasteiger partial charge >= 0.3 is 0 Å². The lowest BCUT2D eigenvalue weighted by molar-refractivity contribution is -0.139. The molecule has 2 aliphatic rings. The number of carbonyl (C=O) groups excluding carboxylic acids is 1. The molecule has 1 amide bonds. The van der Waals surface area contributed by atoms with Crippen LogP contribution in [0.2, 0.25) is 0 Å². The zero-order valence-electron chi connectivity index (χ0n) is 9.02. The molecule has 4 heteroatoms. The molecule has 2 heterocycles. The number of hydrogen-bond acceptors (Lipinski definition) is 3. The molecule has 0 aromatic rings. The second-order valence-electron chi connectivity index (χ2n) is 4.42. The first-order valence-electron chi connectivity index (χ1n) is 5.82. The van der Waals surface area contributed by atoms with Crippen molar-refractivity contribution in [1.82, 2.24) is 4.90 Å². The highest BCUT2D eigenvalue weighted by Gasteiger charge is 2.32. The minimum Gasteiger partial charge on any atom is -0.394 e. The summed E-state index contributed by atoms with van der Waals surface area (Å²) in [4.78, 5) is 14.1. The maximum absolute atomic E-state index is 12.2. The number of aliphatic hydroxyl groups excluding tert-OH is 1. The molecular weight excluding hydrogens is 210 g/mol. The van der Waals surface area contributed by atoms with Crippen LogP contribution in [0.4, 0.5) is 0 Å². The van der Waals surface area contributed by atoms with Crippen molar-refractivity contribution in [3.05, 3.63) is 0 Å². The average molecular weight is 229 g/mol. The number of likely N-dealkylation sites (tertiary alicyclic amines) is 1. The normalized spacial score (nSPS) is 31.9. The van der Waals surface area contributed by atoms with Crippen LogP contribution in [-0.2, 0) is 4.79 Å². The van der Waals surface area contributed by atoms with Crippen molar-refractivity contribution in [3.8, 4) is 0 Å². The molecule has 1 N–H and O–H groups in total. The van der Waals surface area contributed by atoms with Crippen LogP contribution < -0.4 is 0 Å². The van der Waals surface area contributed by atoms with E-state index in [4.69, 9.17) is 0 Å². The zero-order valence-corrected chi connectivity index (χ0v) is 9.84. The molecule has 2 saturated heterocycles. The first-order chi connectivity index (χ1) is 7.33. The predicted octanol–water partition coefficient (Wildman–Crippen LogP) is 1.11. The van der Waals surface area contributed by atoms with Crippen LogP contribution in [-0.4, -0.2) is 46.6 Å². The molecule has 3 nitrogen and oxygen atoms in total. The van der Waals surface area contributed by atoms with E-state index in [2.05, 4.69) is 0 Å². The lowest BCUT2D eigenvalue weighted by Gasteiger charge is -2.36. The molecule has 0 aromatic heterocycles. The fraction of sp³-hybridized carbons (Fsp3) is 0.909.